The Balaban J connectivity index is 1.96. The molecule has 0 fully saturated rings. The molecule has 1 aliphatic rings. The van der Waals surface area contributed by atoms with Gasteiger partial charge in [0, 0.05) is 22.6 Å². The van der Waals surface area contributed by atoms with Crippen molar-refractivity contribution in [3.05, 3.63) is 35.3 Å². The Labute approximate surface area is 113 Å². The van der Waals surface area contributed by atoms with Crippen molar-refractivity contribution in [3.63, 3.8) is 0 Å². The number of hydrogen-bond acceptors (Lipinski definition) is 5. The van der Waals surface area contributed by atoms with Gasteiger partial charge in [-0.3, -0.25) is 4.79 Å². The Morgan fingerprint density at radius 3 is 3.00 bits per heavy atom. The normalized spacial score (nSPS) is 14.3. The van der Waals surface area contributed by atoms with Crippen LogP contribution in [0.4, 0.5) is 10.8 Å². The number of amides is 1. The van der Waals surface area contributed by atoms with Gasteiger partial charge in [-0.1, -0.05) is 12.1 Å². The average molecular weight is 277 g/mol. The Morgan fingerprint density at radius 1 is 1.39 bits per heavy atom. The van der Waals surface area contributed by atoms with Crippen LogP contribution in [0.15, 0.2) is 34.5 Å². The van der Waals surface area contributed by atoms with Crippen LogP contribution < -0.4 is 10.6 Å². The average Bonchev–Trinajstić information content (AvgIpc) is 2.84. The van der Waals surface area contributed by atoms with E-state index in [-0.39, 0.29) is 5.91 Å². The number of aromatic nitrogens is 1. The minimum Gasteiger partial charge on any atom is -0.375 e. The Bertz CT molecular complexity index is 597. The standard InChI is InChI=1S/C12H11N3OS2/c13-12-14-8(7-18-12)11(16)15-5-6-17-10-4-2-1-3-9(10)15/h1-4,7H,5-6H2,(H2,13,14). The van der Waals surface area contributed by atoms with Crippen LogP contribution in [0.25, 0.3) is 0 Å². The summed E-state index contributed by atoms with van der Waals surface area (Å²) in [5, 5.41) is 2.14. The predicted molar refractivity (Wildman–Crippen MR) is 75.4 cm³/mol. The predicted octanol–water partition coefficient (Wildman–Crippen LogP) is 2.48. The van der Waals surface area contributed by atoms with Crippen LogP contribution in [0.5, 0.6) is 0 Å². The molecule has 0 atom stereocenters. The van der Waals surface area contributed by atoms with E-state index in [1.54, 1.807) is 22.0 Å². The maximum atomic E-state index is 12.4. The highest BCUT2D eigenvalue weighted by Crippen LogP contribution is 2.35. The zero-order chi connectivity index (χ0) is 12.5. The van der Waals surface area contributed by atoms with Gasteiger partial charge in [0.05, 0.1) is 5.69 Å². The molecule has 6 heteroatoms. The van der Waals surface area contributed by atoms with Crippen molar-refractivity contribution in [3.8, 4) is 0 Å². The van der Waals surface area contributed by atoms with Gasteiger partial charge < -0.3 is 10.6 Å². The molecular weight excluding hydrogens is 266 g/mol. The van der Waals surface area contributed by atoms with Gasteiger partial charge in [0.15, 0.2) is 5.13 Å². The molecule has 1 aromatic heterocycles. The van der Waals surface area contributed by atoms with Crippen LogP contribution >= 0.6 is 23.1 Å². The monoisotopic (exact) mass is 277 g/mol. The number of thioether (sulfide) groups is 1. The largest absolute Gasteiger partial charge is 0.375 e. The fourth-order valence-corrected chi connectivity index (χ4v) is 3.44. The number of nitrogens with two attached hydrogens (primary N) is 1. The number of nitrogen functional groups attached to an aromatic ring is 1. The van der Waals surface area contributed by atoms with Crippen molar-refractivity contribution < 1.29 is 4.79 Å². The highest BCUT2D eigenvalue weighted by atomic mass is 32.2. The number of fused-ring (bicyclic) bond motifs is 1. The molecule has 1 aliphatic heterocycles. The highest BCUT2D eigenvalue weighted by molar-refractivity contribution is 7.99. The Morgan fingerprint density at radius 2 is 2.22 bits per heavy atom. The Hall–Kier alpha value is -1.53. The number of carbonyl (C=O) groups is 1. The molecule has 0 radical (unpaired) electrons. The third-order valence-electron chi connectivity index (χ3n) is 2.71. The number of carbonyl (C=O) groups excluding carboxylic acids is 1. The fraction of sp³-hybridized carbons (Fsp3) is 0.167. The van der Waals surface area contributed by atoms with Crippen LogP contribution in [-0.2, 0) is 0 Å². The molecule has 0 saturated carbocycles. The summed E-state index contributed by atoms with van der Waals surface area (Å²) in [5.41, 5.74) is 6.97. The Kier molecular flexibility index (Phi) is 2.97. The number of anilines is 2. The zero-order valence-electron chi connectivity index (χ0n) is 9.50. The lowest BCUT2D eigenvalue weighted by Gasteiger charge is -2.28. The first kappa shape index (κ1) is 11.6. The van der Waals surface area contributed by atoms with E-state index in [2.05, 4.69) is 4.98 Å². The van der Waals surface area contributed by atoms with Crippen molar-refractivity contribution in [2.75, 3.05) is 22.9 Å². The number of nitrogens with zero attached hydrogens (tertiary/aromatic N) is 2. The summed E-state index contributed by atoms with van der Waals surface area (Å²) in [6.45, 7) is 0.706. The lowest BCUT2D eigenvalue weighted by Crippen LogP contribution is -2.35. The lowest BCUT2D eigenvalue weighted by molar-refractivity contribution is 0.0983. The first-order valence-corrected chi connectivity index (χ1v) is 7.37. The molecule has 2 N–H and O–H groups in total. The minimum absolute atomic E-state index is 0.0734. The zero-order valence-corrected chi connectivity index (χ0v) is 11.1. The number of para-hydroxylation sites is 1. The van der Waals surface area contributed by atoms with Crippen LogP contribution in [-0.4, -0.2) is 23.2 Å². The van der Waals surface area contributed by atoms with E-state index in [0.29, 0.717) is 17.4 Å². The summed E-state index contributed by atoms with van der Waals surface area (Å²) in [6, 6.07) is 7.94. The molecule has 3 rings (SSSR count). The first-order valence-electron chi connectivity index (χ1n) is 5.50. The van der Waals surface area contributed by atoms with E-state index >= 15 is 0 Å². The van der Waals surface area contributed by atoms with Gasteiger partial charge >= 0.3 is 0 Å². The highest BCUT2D eigenvalue weighted by Gasteiger charge is 2.25. The van der Waals surface area contributed by atoms with Gasteiger partial charge in [0.25, 0.3) is 5.91 Å². The molecule has 0 spiro atoms. The number of benzene rings is 1. The van der Waals surface area contributed by atoms with Crippen LogP contribution in [0, 0.1) is 0 Å². The van der Waals surface area contributed by atoms with Gasteiger partial charge in [-0.2, -0.15) is 0 Å². The minimum atomic E-state index is -0.0734. The third kappa shape index (κ3) is 1.97. The van der Waals surface area contributed by atoms with E-state index in [4.69, 9.17) is 5.73 Å². The fourth-order valence-electron chi connectivity index (χ4n) is 1.90. The second-order valence-electron chi connectivity index (χ2n) is 3.84. The lowest BCUT2D eigenvalue weighted by atomic mass is 10.2. The molecule has 92 valence electrons. The summed E-state index contributed by atoms with van der Waals surface area (Å²) < 4.78 is 0. The molecule has 0 aliphatic carbocycles. The summed E-state index contributed by atoms with van der Waals surface area (Å²) in [6.07, 6.45) is 0. The summed E-state index contributed by atoms with van der Waals surface area (Å²) in [5.74, 6) is 0.832. The van der Waals surface area contributed by atoms with Gasteiger partial charge in [-0.25, -0.2) is 4.98 Å². The maximum absolute atomic E-state index is 12.4. The molecule has 0 saturated heterocycles. The van der Waals surface area contributed by atoms with Crippen LogP contribution in [0.2, 0.25) is 0 Å². The quantitative estimate of drug-likeness (QED) is 0.870. The van der Waals surface area contributed by atoms with E-state index in [1.165, 1.54) is 11.3 Å². The van der Waals surface area contributed by atoms with Crippen molar-refractivity contribution in [1.82, 2.24) is 4.98 Å². The summed E-state index contributed by atoms with van der Waals surface area (Å²) in [7, 11) is 0. The molecule has 0 bridgehead atoms. The van der Waals surface area contributed by atoms with Crippen molar-refractivity contribution >= 4 is 39.8 Å². The van der Waals surface area contributed by atoms with Crippen LogP contribution in [0.3, 0.4) is 0 Å². The number of rotatable bonds is 1. The molecule has 2 heterocycles. The maximum Gasteiger partial charge on any atom is 0.277 e. The van der Waals surface area contributed by atoms with Crippen LogP contribution in [0.1, 0.15) is 10.5 Å². The molecule has 4 nitrogen and oxygen atoms in total. The SMILES string of the molecule is Nc1nc(C(=O)N2CCSc3ccccc32)cs1. The van der Waals surface area contributed by atoms with Gasteiger partial charge in [0.2, 0.25) is 0 Å². The molecule has 0 unspecified atom stereocenters. The van der Waals surface area contributed by atoms with Crippen molar-refractivity contribution in [2.24, 2.45) is 0 Å². The van der Waals surface area contributed by atoms with E-state index < -0.39 is 0 Å². The van der Waals surface area contributed by atoms with Crippen molar-refractivity contribution in [1.29, 1.82) is 0 Å². The van der Waals surface area contributed by atoms with Crippen molar-refractivity contribution in [2.45, 2.75) is 4.90 Å². The molecular formula is C12H11N3OS2. The summed E-state index contributed by atoms with van der Waals surface area (Å²) in [4.78, 5) is 19.4. The second kappa shape index (κ2) is 4.62. The van der Waals surface area contributed by atoms with Gasteiger partial charge in [-0.05, 0) is 12.1 Å². The summed E-state index contributed by atoms with van der Waals surface area (Å²) >= 11 is 3.07. The van der Waals surface area contributed by atoms with Gasteiger partial charge in [0.1, 0.15) is 5.69 Å². The molecule has 1 amide bonds. The third-order valence-corrected chi connectivity index (χ3v) is 4.43. The number of hydrogen-bond donors (Lipinski definition) is 1. The second-order valence-corrected chi connectivity index (χ2v) is 5.87. The van der Waals surface area contributed by atoms with Gasteiger partial charge in [-0.15, -0.1) is 23.1 Å². The molecule has 1 aromatic carbocycles. The topological polar surface area (TPSA) is 59.2 Å². The van der Waals surface area contributed by atoms with E-state index in [9.17, 15) is 4.79 Å². The van der Waals surface area contributed by atoms with E-state index in [1.807, 2.05) is 24.3 Å². The first-order chi connectivity index (χ1) is 8.75. The number of thiazole rings is 1. The smallest absolute Gasteiger partial charge is 0.277 e. The van der Waals surface area contributed by atoms with E-state index in [0.717, 1.165) is 16.3 Å². The molecule has 2 aromatic rings. The molecule has 18 heavy (non-hydrogen) atoms.